The molecule has 0 bridgehead atoms. The summed E-state index contributed by atoms with van der Waals surface area (Å²) in [6.45, 7) is 7.78. The first-order chi connectivity index (χ1) is 15.5. The molecule has 0 aromatic carbocycles. The normalized spacial score (nSPS) is 12.2. The van der Waals surface area contributed by atoms with Crippen molar-refractivity contribution < 1.29 is 4.79 Å². The smallest absolute Gasteiger partial charge is 0.246 e. The summed E-state index contributed by atoms with van der Waals surface area (Å²) in [7, 11) is 0. The van der Waals surface area contributed by atoms with Crippen LogP contribution in [0.5, 0.6) is 0 Å². The van der Waals surface area contributed by atoms with E-state index in [2.05, 4.69) is 57.2 Å². The maximum Gasteiger partial charge on any atom is 0.246 e. The summed E-state index contributed by atoms with van der Waals surface area (Å²) >= 11 is 0. The number of aromatic nitrogens is 6. The van der Waals surface area contributed by atoms with E-state index in [1.165, 1.54) is 0 Å². The van der Waals surface area contributed by atoms with E-state index >= 15 is 0 Å². The molecule has 0 aliphatic heterocycles. The summed E-state index contributed by atoms with van der Waals surface area (Å²) in [6, 6.07) is 5.52. The quantitative estimate of drug-likeness (QED) is 0.413. The van der Waals surface area contributed by atoms with E-state index in [0.717, 1.165) is 24.0 Å². The van der Waals surface area contributed by atoms with Crippen molar-refractivity contribution in [1.82, 2.24) is 29.3 Å². The Hall–Kier alpha value is -3.75. The van der Waals surface area contributed by atoms with Crippen molar-refractivity contribution in [2.75, 3.05) is 10.6 Å². The van der Waals surface area contributed by atoms with Crippen molar-refractivity contribution in [2.45, 2.75) is 40.3 Å². The molecule has 0 aliphatic rings. The van der Waals surface area contributed by atoms with Gasteiger partial charge in [0, 0.05) is 48.6 Å². The zero-order chi connectivity index (χ0) is 22.5. The molecule has 1 atom stereocenters. The molecule has 0 fully saturated rings. The lowest BCUT2D eigenvalue weighted by Gasteiger charge is -2.20. The first kappa shape index (κ1) is 21.5. The molecule has 0 saturated carbocycles. The Morgan fingerprint density at radius 3 is 2.69 bits per heavy atom. The molecule has 0 aliphatic carbocycles. The van der Waals surface area contributed by atoms with Crippen LogP contribution in [0.3, 0.4) is 0 Å². The Balaban J connectivity index is 1.43. The number of hydrogen-bond acceptors (Lipinski definition) is 6. The van der Waals surface area contributed by atoms with E-state index in [-0.39, 0.29) is 12.5 Å². The van der Waals surface area contributed by atoms with E-state index in [0.29, 0.717) is 29.2 Å². The number of hydrogen-bond donors (Lipinski definition) is 2. The third-order valence-electron chi connectivity index (χ3n) is 5.56. The van der Waals surface area contributed by atoms with Crippen LogP contribution >= 0.6 is 0 Å². The lowest BCUT2D eigenvalue weighted by atomic mass is 9.93. The molecular weight excluding hydrogens is 404 g/mol. The minimum absolute atomic E-state index is 0.0976. The topological polar surface area (TPSA) is 103 Å². The average molecular weight is 433 g/mol. The highest BCUT2D eigenvalue weighted by molar-refractivity contribution is 5.90. The van der Waals surface area contributed by atoms with E-state index in [9.17, 15) is 4.79 Å². The molecule has 9 nitrogen and oxygen atoms in total. The number of fused-ring (bicyclic) bond motifs is 1. The van der Waals surface area contributed by atoms with Gasteiger partial charge in [-0.05, 0) is 30.0 Å². The molecular formula is C23H28N8O. The number of pyridine rings is 1. The summed E-state index contributed by atoms with van der Waals surface area (Å²) in [4.78, 5) is 25.3. The van der Waals surface area contributed by atoms with Gasteiger partial charge in [0.15, 0.2) is 0 Å². The van der Waals surface area contributed by atoms with E-state index < -0.39 is 0 Å². The minimum atomic E-state index is -0.169. The molecule has 0 spiro atoms. The van der Waals surface area contributed by atoms with Crippen molar-refractivity contribution in [3.63, 3.8) is 0 Å². The summed E-state index contributed by atoms with van der Waals surface area (Å²) in [6.07, 6.45) is 11.7. The summed E-state index contributed by atoms with van der Waals surface area (Å²) < 4.78 is 3.76. The van der Waals surface area contributed by atoms with Gasteiger partial charge in [-0.25, -0.2) is 4.98 Å². The SMILES string of the molecule is CCC(Cn1ccc2cnc(Nc3cnn(CC(=O)Nc4ccncc4)c3)nc21)C(C)C. The number of amides is 1. The van der Waals surface area contributed by atoms with E-state index in [4.69, 9.17) is 4.98 Å². The standard InChI is InChI=1S/C23H28N8O/c1-4-17(16(2)3)13-30-10-7-18-11-25-23(29-22(18)30)28-20-12-26-31(14-20)15-21(32)27-19-5-8-24-9-6-19/h5-12,14,16-17H,4,13,15H2,1-3H3,(H,24,27,32)(H,25,28,29). The van der Waals surface area contributed by atoms with Crippen LogP contribution in [-0.2, 0) is 17.9 Å². The monoisotopic (exact) mass is 432 g/mol. The number of nitrogens with one attached hydrogen (secondary N) is 2. The van der Waals surface area contributed by atoms with Gasteiger partial charge in [0.2, 0.25) is 11.9 Å². The summed E-state index contributed by atoms with van der Waals surface area (Å²) in [5.74, 6) is 1.53. The van der Waals surface area contributed by atoms with Crippen LogP contribution in [0.15, 0.2) is 55.4 Å². The Kier molecular flexibility index (Phi) is 6.44. The predicted octanol–water partition coefficient (Wildman–Crippen LogP) is 4.09. The summed E-state index contributed by atoms with van der Waals surface area (Å²) in [5, 5.41) is 11.3. The van der Waals surface area contributed by atoms with Crippen molar-refractivity contribution in [1.29, 1.82) is 0 Å². The second-order valence-electron chi connectivity index (χ2n) is 8.19. The molecule has 4 rings (SSSR count). The van der Waals surface area contributed by atoms with Gasteiger partial charge in [0.05, 0.1) is 11.9 Å². The molecule has 0 saturated heterocycles. The van der Waals surface area contributed by atoms with Gasteiger partial charge < -0.3 is 15.2 Å². The third kappa shape index (κ3) is 5.11. The highest BCUT2D eigenvalue weighted by Crippen LogP contribution is 2.22. The van der Waals surface area contributed by atoms with Crippen LogP contribution < -0.4 is 10.6 Å². The molecule has 2 N–H and O–H groups in total. The Morgan fingerprint density at radius 1 is 1.12 bits per heavy atom. The fourth-order valence-electron chi connectivity index (χ4n) is 3.67. The van der Waals surface area contributed by atoms with Crippen molar-refractivity contribution in [3.8, 4) is 0 Å². The second-order valence-corrected chi connectivity index (χ2v) is 8.19. The van der Waals surface area contributed by atoms with Crippen molar-refractivity contribution >= 4 is 34.3 Å². The third-order valence-corrected chi connectivity index (χ3v) is 5.56. The van der Waals surface area contributed by atoms with Crippen molar-refractivity contribution in [3.05, 3.63) is 55.4 Å². The van der Waals surface area contributed by atoms with Crippen LogP contribution in [0.2, 0.25) is 0 Å². The largest absolute Gasteiger partial charge is 0.332 e. The van der Waals surface area contributed by atoms with E-state index in [1.807, 2.05) is 12.3 Å². The van der Waals surface area contributed by atoms with Crippen LogP contribution in [0, 0.1) is 11.8 Å². The molecule has 32 heavy (non-hydrogen) atoms. The molecule has 0 radical (unpaired) electrons. The fourth-order valence-corrected chi connectivity index (χ4v) is 3.67. The van der Waals surface area contributed by atoms with Gasteiger partial charge in [-0.15, -0.1) is 0 Å². The number of nitrogens with zero attached hydrogens (tertiary/aromatic N) is 6. The van der Waals surface area contributed by atoms with Gasteiger partial charge in [-0.3, -0.25) is 14.5 Å². The van der Waals surface area contributed by atoms with Gasteiger partial charge >= 0.3 is 0 Å². The molecule has 4 heterocycles. The maximum absolute atomic E-state index is 12.2. The fraction of sp³-hybridized carbons (Fsp3) is 0.348. The van der Waals surface area contributed by atoms with Crippen LogP contribution in [0.25, 0.3) is 11.0 Å². The van der Waals surface area contributed by atoms with Gasteiger partial charge in [-0.1, -0.05) is 27.2 Å². The Bertz CT molecular complexity index is 1180. The highest BCUT2D eigenvalue weighted by Gasteiger charge is 2.14. The lowest BCUT2D eigenvalue weighted by Crippen LogP contribution is -2.18. The van der Waals surface area contributed by atoms with Crippen molar-refractivity contribution in [2.24, 2.45) is 11.8 Å². The molecule has 1 amide bonds. The number of carbonyl (C=O) groups excluding carboxylic acids is 1. The Labute approximate surface area is 186 Å². The van der Waals surface area contributed by atoms with Gasteiger partial charge in [-0.2, -0.15) is 10.1 Å². The zero-order valence-electron chi connectivity index (χ0n) is 18.6. The van der Waals surface area contributed by atoms with Crippen LogP contribution in [0.4, 0.5) is 17.3 Å². The highest BCUT2D eigenvalue weighted by atomic mass is 16.2. The zero-order valence-corrected chi connectivity index (χ0v) is 18.6. The molecule has 166 valence electrons. The lowest BCUT2D eigenvalue weighted by molar-refractivity contribution is -0.116. The number of anilines is 3. The van der Waals surface area contributed by atoms with Crippen LogP contribution in [0.1, 0.15) is 27.2 Å². The molecule has 1 unspecified atom stereocenters. The van der Waals surface area contributed by atoms with E-state index in [1.54, 1.807) is 41.6 Å². The van der Waals surface area contributed by atoms with Crippen LogP contribution in [-0.4, -0.2) is 35.2 Å². The molecule has 4 aromatic rings. The number of rotatable bonds is 9. The molecule has 9 heteroatoms. The van der Waals surface area contributed by atoms with Gasteiger partial charge in [0.25, 0.3) is 0 Å². The maximum atomic E-state index is 12.2. The second kappa shape index (κ2) is 9.59. The molecule has 4 aromatic heterocycles. The average Bonchev–Trinajstić information content (AvgIpc) is 3.38. The Morgan fingerprint density at radius 2 is 1.94 bits per heavy atom. The van der Waals surface area contributed by atoms with Gasteiger partial charge in [0.1, 0.15) is 12.2 Å². The predicted molar refractivity (Wildman–Crippen MR) is 125 cm³/mol. The minimum Gasteiger partial charge on any atom is -0.332 e. The summed E-state index contributed by atoms with van der Waals surface area (Å²) in [5.41, 5.74) is 2.32. The first-order valence-electron chi connectivity index (χ1n) is 10.8. The first-order valence-corrected chi connectivity index (χ1v) is 10.8. The number of carbonyl (C=O) groups is 1.